The van der Waals surface area contributed by atoms with Gasteiger partial charge in [0.05, 0.1) is 29.0 Å². The highest BCUT2D eigenvalue weighted by atomic mass is 19.1. The molecule has 11 heteroatoms. The van der Waals surface area contributed by atoms with Gasteiger partial charge in [0.1, 0.15) is 28.8 Å². The van der Waals surface area contributed by atoms with E-state index in [1.807, 2.05) is 6.92 Å². The van der Waals surface area contributed by atoms with Crippen LogP contribution in [0.5, 0.6) is 0 Å². The van der Waals surface area contributed by atoms with Crippen LogP contribution in [0.2, 0.25) is 0 Å². The summed E-state index contributed by atoms with van der Waals surface area (Å²) < 4.78 is 44.8. The maximum absolute atomic E-state index is 15.0. The lowest BCUT2D eigenvalue weighted by Crippen LogP contribution is -2.44. The molecule has 2 aromatic heterocycles. The van der Waals surface area contributed by atoms with Gasteiger partial charge in [-0.15, -0.1) is 0 Å². The molecule has 0 unspecified atom stereocenters. The van der Waals surface area contributed by atoms with Crippen molar-refractivity contribution in [2.24, 2.45) is 11.7 Å². The minimum Gasteiger partial charge on any atom is -0.481 e. The molecule has 0 spiro atoms. The van der Waals surface area contributed by atoms with Crippen molar-refractivity contribution in [2.75, 3.05) is 5.32 Å². The number of pyridine rings is 2. The van der Waals surface area contributed by atoms with Gasteiger partial charge >= 0.3 is 5.97 Å². The smallest absolute Gasteiger partial charge is 0.313 e. The highest BCUT2D eigenvalue weighted by Gasteiger charge is 2.34. The average Bonchev–Trinajstić information content (AvgIpc) is 2.87. The van der Waals surface area contributed by atoms with E-state index in [1.165, 1.54) is 20.0 Å². The summed E-state index contributed by atoms with van der Waals surface area (Å²) in [6, 6.07) is 4.89. The van der Waals surface area contributed by atoms with Crippen LogP contribution in [0.4, 0.5) is 18.9 Å². The zero-order chi connectivity index (χ0) is 28.6. The van der Waals surface area contributed by atoms with Gasteiger partial charge in [-0.1, -0.05) is 6.92 Å². The Balaban J connectivity index is 1.65. The number of carboxylic acids is 1. The fourth-order valence-corrected chi connectivity index (χ4v) is 4.91. The summed E-state index contributed by atoms with van der Waals surface area (Å²) in [5.41, 5.74) is 3.61. The Morgan fingerprint density at radius 3 is 2.36 bits per heavy atom. The molecule has 4 rings (SSSR count). The first kappa shape index (κ1) is 28.2. The average molecular weight is 543 g/mol. The van der Waals surface area contributed by atoms with Gasteiger partial charge in [0.2, 0.25) is 0 Å². The number of nitrogens with zero attached hydrogens (tertiary/aromatic N) is 2. The highest BCUT2D eigenvalue weighted by Crippen LogP contribution is 2.39. The van der Waals surface area contributed by atoms with Crippen LogP contribution in [0.1, 0.15) is 61.1 Å². The maximum atomic E-state index is 15.0. The van der Waals surface area contributed by atoms with Crippen LogP contribution in [-0.2, 0) is 10.2 Å². The first-order valence-electron chi connectivity index (χ1n) is 12.4. The van der Waals surface area contributed by atoms with Crippen molar-refractivity contribution >= 4 is 17.6 Å². The molecule has 1 aliphatic rings. The Bertz CT molecular complexity index is 1400. The van der Waals surface area contributed by atoms with Crippen LogP contribution in [0.25, 0.3) is 11.3 Å². The molecule has 4 atom stereocenters. The molecule has 3 aromatic rings. The van der Waals surface area contributed by atoms with Crippen molar-refractivity contribution in [2.45, 2.75) is 57.1 Å². The van der Waals surface area contributed by atoms with Crippen LogP contribution >= 0.6 is 0 Å². The number of aromatic nitrogens is 2. The number of anilines is 1. The molecule has 206 valence electrons. The van der Waals surface area contributed by atoms with Crippen molar-refractivity contribution in [3.8, 4) is 11.3 Å². The molecule has 1 saturated carbocycles. The number of aliphatic hydroxyl groups is 1. The monoisotopic (exact) mass is 542 g/mol. The number of nitrogens with two attached hydrogens (primary N) is 1. The van der Waals surface area contributed by atoms with E-state index < -0.39 is 58.1 Å². The van der Waals surface area contributed by atoms with Crippen LogP contribution in [0.15, 0.2) is 42.7 Å². The van der Waals surface area contributed by atoms with E-state index in [9.17, 15) is 24.2 Å². The Labute approximate surface area is 223 Å². The van der Waals surface area contributed by atoms with Crippen LogP contribution in [-0.4, -0.2) is 44.2 Å². The third-order valence-electron chi connectivity index (χ3n) is 7.39. The van der Waals surface area contributed by atoms with Gasteiger partial charge < -0.3 is 21.3 Å². The lowest BCUT2D eigenvalue weighted by Gasteiger charge is -2.36. The summed E-state index contributed by atoms with van der Waals surface area (Å²) >= 11 is 0. The Hall–Kier alpha value is -3.83. The summed E-state index contributed by atoms with van der Waals surface area (Å²) in [7, 11) is 0. The fraction of sp³-hybridized carbons (Fsp3) is 0.357. The standard InChI is InChI=1S/C28H29F3N4O4/c1-13-8-14(9-20(32)25(13)36)16-6-7-33-12-22(16)35-26(37)21-5-4-17(29)24(34-21)23-18(30)10-15(11-19(23)31)28(2,3)27(38)39/h4-7,10-14,20,25,36H,8-9,32H2,1-3H3,(H,35,37)(H,38,39)/t13-,14+,20+,25+/m0/s1. The fourth-order valence-electron chi connectivity index (χ4n) is 4.91. The zero-order valence-corrected chi connectivity index (χ0v) is 21.6. The molecule has 39 heavy (non-hydrogen) atoms. The molecular formula is C28H29F3N4O4. The minimum absolute atomic E-state index is 0.0611. The third kappa shape index (κ3) is 5.50. The second kappa shape index (κ2) is 10.7. The maximum Gasteiger partial charge on any atom is 0.313 e. The first-order valence-corrected chi connectivity index (χ1v) is 12.4. The van der Waals surface area contributed by atoms with Gasteiger partial charge in [0, 0.05) is 12.2 Å². The number of nitrogens with one attached hydrogen (secondary N) is 1. The molecule has 8 nitrogen and oxygen atoms in total. The Morgan fingerprint density at radius 1 is 1.08 bits per heavy atom. The number of aliphatic carboxylic acids is 1. The van der Waals surface area contributed by atoms with E-state index in [0.717, 1.165) is 29.8 Å². The van der Waals surface area contributed by atoms with E-state index in [4.69, 9.17) is 5.73 Å². The Kier molecular flexibility index (Phi) is 7.76. The lowest BCUT2D eigenvalue weighted by molar-refractivity contribution is -0.142. The summed E-state index contributed by atoms with van der Waals surface area (Å²) in [5, 5.41) is 22.3. The number of hydrogen-bond donors (Lipinski definition) is 4. The number of carbonyl (C=O) groups is 2. The van der Waals surface area contributed by atoms with Crippen molar-refractivity contribution in [1.82, 2.24) is 9.97 Å². The molecule has 1 fully saturated rings. The van der Waals surface area contributed by atoms with Crippen LogP contribution < -0.4 is 11.1 Å². The van der Waals surface area contributed by atoms with Crippen molar-refractivity contribution in [3.63, 3.8) is 0 Å². The largest absolute Gasteiger partial charge is 0.481 e. The number of aliphatic hydroxyl groups excluding tert-OH is 1. The summed E-state index contributed by atoms with van der Waals surface area (Å²) in [5.74, 6) is -5.69. The second-order valence-corrected chi connectivity index (χ2v) is 10.5. The van der Waals surface area contributed by atoms with Gasteiger partial charge in [-0.2, -0.15) is 0 Å². The number of benzene rings is 1. The Morgan fingerprint density at radius 2 is 1.74 bits per heavy atom. The number of amides is 1. The highest BCUT2D eigenvalue weighted by molar-refractivity contribution is 6.03. The number of carbonyl (C=O) groups excluding carboxylic acids is 1. The molecular weight excluding hydrogens is 513 g/mol. The van der Waals surface area contributed by atoms with Crippen LogP contribution in [0.3, 0.4) is 0 Å². The third-order valence-corrected chi connectivity index (χ3v) is 7.39. The molecule has 0 saturated heterocycles. The van der Waals surface area contributed by atoms with Crippen LogP contribution in [0, 0.1) is 23.4 Å². The zero-order valence-electron chi connectivity index (χ0n) is 21.6. The predicted octanol–water partition coefficient (Wildman–Crippen LogP) is 4.38. The summed E-state index contributed by atoms with van der Waals surface area (Å²) in [4.78, 5) is 32.6. The SMILES string of the molecule is C[C@H]1C[C@@H](c2ccncc2NC(=O)c2ccc(F)c(-c3c(F)cc(C(C)(C)C(=O)O)cc3F)n2)C[C@@H](N)[C@@H]1O. The molecule has 0 bridgehead atoms. The second-order valence-electron chi connectivity index (χ2n) is 10.5. The van der Waals surface area contributed by atoms with Gasteiger partial charge in [-0.25, -0.2) is 18.2 Å². The summed E-state index contributed by atoms with van der Waals surface area (Å²) in [6.07, 6.45) is 3.51. The van der Waals surface area contributed by atoms with Gasteiger partial charge in [0.15, 0.2) is 0 Å². The molecule has 5 N–H and O–H groups in total. The van der Waals surface area contributed by atoms with Gasteiger partial charge in [-0.05, 0) is 80.0 Å². The van der Waals surface area contributed by atoms with E-state index in [-0.39, 0.29) is 23.1 Å². The molecule has 0 aliphatic heterocycles. The molecule has 1 aromatic carbocycles. The van der Waals surface area contributed by atoms with E-state index in [2.05, 4.69) is 15.3 Å². The summed E-state index contributed by atoms with van der Waals surface area (Å²) in [6.45, 7) is 4.46. The minimum atomic E-state index is -1.60. The molecule has 1 amide bonds. The normalized spacial score (nSPS) is 21.4. The molecule has 0 radical (unpaired) electrons. The number of halogens is 3. The lowest BCUT2D eigenvalue weighted by atomic mass is 9.74. The van der Waals surface area contributed by atoms with E-state index >= 15 is 8.78 Å². The van der Waals surface area contributed by atoms with E-state index in [1.54, 1.807) is 12.3 Å². The van der Waals surface area contributed by atoms with E-state index in [0.29, 0.717) is 18.5 Å². The van der Waals surface area contributed by atoms with Crippen molar-refractivity contribution < 1.29 is 33.0 Å². The first-order chi connectivity index (χ1) is 18.3. The predicted molar refractivity (Wildman–Crippen MR) is 138 cm³/mol. The molecule has 2 heterocycles. The van der Waals surface area contributed by atoms with Crippen molar-refractivity contribution in [3.05, 3.63) is 77.0 Å². The number of hydrogen-bond acceptors (Lipinski definition) is 6. The quantitative estimate of drug-likeness (QED) is 0.363. The number of carboxylic acid groups (broad SMARTS) is 1. The van der Waals surface area contributed by atoms with Gasteiger partial charge in [-0.3, -0.25) is 14.6 Å². The molecule has 1 aliphatic carbocycles. The van der Waals surface area contributed by atoms with Crippen molar-refractivity contribution in [1.29, 1.82) is 0 Å². The number of rotatable bonds is 6. The topological polar surface area (TPSA) is 138 Å². The van der Waals surface area contributed by atoms with Gasteiger partial charge in [0.25, 0.3) is 5.91 Å².